The van der Waals surface area contributed by atoms with Gasteiger partial charge in [-0.15, -0.1) is 0 Å². The molecule has 18 heavy (non-hydrogen) atoms. The number of hydrogen-bond donors (Lipinski definition) is 1. The summed E-state index contributed by atoms with van der Waals surface area (Å²) in [5.74, 6) is 0.869. The van der Waals surface area contributed by atoms with Crippen LogP contribution in [0.3, 0.4) is 0 Å². The second kappa shape index (κ2) is 9.76. The molecule has 0 atom stereocenters. The Hall–Kier alpha value is -0.120. The summed E-state index contributed by atoms with van der Waals surface area (Å²) >= 11 is 0. The van der Waals surface area contributed by atoms with Crippen LogP contribution in [0.15, 0.2) is 0 Å². The second-order valence-corrected chi connectivity index (χ2v) is 5.42. The van der Waals surface area contributed by atoms with E-state index in [0.29, 0.717) is 6.04 Å². The van der Waals surface area contributed by atoms with Crippen molar-refractivity contribution >= 4 is 0 Å². The van der Waals surface area contributed by atoms with E-state index in [-0.39, 0.29) is 0 Å². The van der Waals surface area contributed by atoms with E-state index < -0.39 is 0 Å². The first-order chi connectivity index (χ1) is 8.80. The average molecular weight is 256 g/mol. The van der Waals surface area contributed by atoms with Crippen molar-refractivity contribution in [1.29, 1.82) is 0 Å². The van der Waals surface area contributed by atoms with E-state index in [1.54, 1.807) is 0 Å². The van der Waals surface area contributed by atoms with Gasteiger partial charge in [-0.05, 0) is 25.3 Å². The minimum atomic E-state index is 0.686. The van der Waals surface area contributed by atoms with E-state index in [4.69, 9.17) is 4.74 Å². The molecular weight excluding hydrogens is 224 g/mol. The summed E-state index contributed by atoms with van der Waals surface area (Å²) < 4.78 is 5.38. The Morgan fingerprint density at radius 1 is 1.17 bits per heavy atom. The SMILES string of the molecule is CCC(CC)CN(CC)CCNC1CCOCC1. The maximum atomic E-state index is 5.38. The zero-order chi connectivity index (χ0) is 13.2. The summed E-state index contributed by atoms with van der Waals surface area (Å²) in [6.45, 7) is 13.5. The molecule has 1 aliphatic heterocycles. The lowest BCUT2D eigenvalue weighted by Crippen LogP contribution is -2.41. The lowest BCUT2D eigenvalue weighted by molar-refractivity contribution is 0.0770. The molecule has 1 fully saturated rings. The Balaban J connectivity index is 2.13. The number of rotatable bonds is 9. The van der Waals surface area contributed by atoms with Crippen molar-refractivity contribution in [3.05, 3.63) is 0 Å². The number of hydrogen-bond acceptors (Lipinski definition) is 3. The molecule has 1 heterocycles. The highest BCUT2D eigenvalue weighted by Gasteiger charge is 2.14. The van der Waals surface area contributed by atoms with Gasteiger partial charge in [0, 0.05) is 38.9 Å². The summed E-state index contributed by atoms with van der Waals surface area (Å²) in [6.07, 6.45) is 4.97. The van der Waals surface area contributed by atoms with Crippen molar-refractivity contribution < 1.29 is 4.74 Å². The van der Waals surface area contributed by atoms with Crippen LogP contribution in [-0.4, -0.2) is 50.3 Å². The maximum Gasteiger partial charge on any atom is 0.0480 e. The van der Waals surface area contributed by atoms with Crippen LogP contribution >= 0.6 is 0 Å². The third-order valence-corrected chi connectivity index (χ3v) is 4.20. The molecule has 0 radical (unpaired) electrons. The molecule has 0 aromatic carbocycles. The van der Waals surface area contributed by atoms with E-state index in [2.05, 4.69) is 31.0 Å². The fraction of sp³-hybridized carbons (Fsp3) is 1.00. The molecule has 0 spiro atoms. The van der Waals surface area contributed by atoms with Crippen molar-refractivity contribution in [1.82, 2.24) is 10.2 Å². The minimum Gasteiger partial charge on any atom is -0.381 e. The van der Waals surface area contributed by atoms with Gasteiger partial charge in [0.05, 0.1) is 0 Å². The first-order valence-electron chi connectivity index (χ1n) is 7.83. The summed E-state index contributed by atoms with van der Waals surface area (Å²) in [4.78, 5) is 2.59. The van der Waals surface area contributed by atoms with Crippen LogP contribution in [-0.2, 0) is 4.74 Å². The van der Waals surface area contributed by atoms with Crippen LogP contribution in [0.5, 0.6) is 0 Å². The van der Waals surface area contributed by atoms with Gasteiger partial charge in [-0.1, -0.05) is 33.6 Å². The van der Waals surface area contributed by atoms with Gasteiger partial charge in [-0.2, -0.15) is 0 Å². The molecule has 0 aromatic rings. The molecule has 108 valence electrons. The second-order valence-electron chi connectivity index (χ2n) is 5.42. The molecule has 0 aliphatic carbocycles. The van der Waals surface area contributed by atoms with Gasteiger partial charge in [-0.25, -0.2) is 0 Å². The first kappa shape index (κ1) is 15.9. The first-order valence-corrected chi connectivity index (χ1v) is 7.83. The van der Waals surface area contributed by atoms with Gasteiger partial charge < -0.3 is 15.0 Å². The third kappa shape index (κ3) is 6.17. The van der Waals surface area contributed by atoms with E-state index in [1.807, 2.05) is 0 Å². The topological polar surface area (TPSA) is 24.5 Å². The zero-order valence-corrected chi connectivity index (χ0v) is 12.6. The normalized spacial score (nSPS) is 17.8. The highest BCUT2D eigenvalue weighted by Crippen LogP contribution is 2.10. The van der Waals surface area contributed by atoms with Crippen molar-refractivity contribution in [3.8, 4) is 0 Å². The zero-order valence-electron chi connectivity index (χ0n) is 12.6. The Bertz CT molecular complexity index is 189. The van der Waals surface area contributed by atoms with E-state index in [0.717, 1.165) is 25.7 Å². The molecule has 1 rings (SSSR count). The van der Waals surface area contributed by atoms with E-state index >= 15 is 0 Å². The Labute approximate surface area is 113 Å². The van der Waals surface area contributed by atoms with Crippen LogP contribution in [0.2, 0.25) is 0 Å². The highest BCUT2D eigenvalue weighted by molar-refractivity contribution is 4.71. The average Bonchev–Trinajstić information content (AvgIpc) is 2.44. The van der Waals surface area contributed by atoms with Crippen LogP contribution in [0.4, 0.5) is 0 Å². The molecule has 1 saturated heterocycles. The maximum absolute atomic E-state index is 5.38. The number of likely N-dealkylation sites (N-methyl/N-ethyl adjacent to an activating group) is 1. The summed E-state index contributed by atoms with van der Waals surface area (Å²) in [5.41, 5.74) is 0. The van der Waals surface area contributed by atoms with Crippen LogP contribution in [0.1, 0.15) is 46.5 Å². The summed E-state index contributed by atoms with van der Waals surface area (Å²) in [5, 5.41) is 3.67. The predicted molar refractivity (Wildman–Crippen MR) is 78.0 cm³/mol. The van der Waals surface area contributed by atoms with Crippen molar-refractivity contribution in [2.24, 2.45) is 5.92 Å². The molecule has 0 unspecified atom stereocenters. The van der Waals surface area contributed by atoms with Gasteiger partial charge in [0.25, 0.3) is 0 Å². The van der Waals surface area contributed by atoms with Crippen LogP contribution < -0.4 is 5.32 Å². The fourth-order valence-electron chi connectivity index (χ4n) is 2.62. The minimum absolute atomic E-state index is 0.686. The third-order valence-electron chi connectivity index (χ3n) is 4.20. The quantitative estimate of drug-likeness (QED) is 0.686. The molecule has 3 heteroatoms. The summed E-state index contributed by atoms with van der Waals surface area (Å²) in [7, 11) is 0. The molecular formula is C15H32N2O. The lowest BCUT2D eigenvalue weighted by atomic mass is 10.0. The Morgan fingerprint density at radius 3 is 2.39 bits per heavy atom. The number of nitrogens with one attached hydrogen (secondary N) is 1. The fourth-order valence-corrected chi connectivity index (χ4v) is 2.62. The standard InChI is InChI=1S/C15H32N2O/c1-4-14(5-2)13-17(6-3)10-9-16-15-7-11-18-12-8-15/h14-16H,4-13H2,1-3H3. The summed E-state index contributed by atoms with van der Waals surface area (Å²) in [6, 6.07) is 0.686. The van der Waals surface area contributed by atoms with Crippen LogP contribution in [0, 0.1) is 5.92 Å². The van der Waals surface area contributed by atoms with E-state index in [1.165, 1.54) is 45.3 Å². The highest BCUT2D eigenvalue weighted by atomic mass is 16.5. The molecule has 1 aliphatic rings. The molecule has 3 nitrogen and oxygen atoms in total. The lowest BCUT2D eigenvalue weighted by Gasteiger charge is -2.27. The van der Waals surface area contributed by atoms with Gasteiger partial charge >= 0.3 is 0 Å². The van der Waals surface area contributed by atoms with Gasteiger partial charge in [0.2, 0.25) is 0 Å². The molecule has 0 amide bonds. The van der Waals surface area contributed by atoms with Gasteiger partial charge in [0.1, 0.15) is 0 Å². The smallest absolute Gasteiger partial charge is 0.0480 e. The Morgan fingerprint density at radius 2 is 1.83 bits per heavy atom. The predicted octanol–water partition coefficient (Wildman–Crippen LogP) is 2.51. The van der Waals surface area contributed by atoms with Crippen molar-refractivity contribution in [2.75, 3.05) is 39.4 Å². The Kier molecular flexibility index (Phi) is 8.64. The molecule has 1 N–H and O–H groups in total. The largest absolute Gasteiger partial charge is 0.381 e. The van der Waals surface area contributed by atoms with Crippen molar-refractivity contribution in [3.63, 3.8) is 0 Å². The van der Waals surface area contributed by atoms with Gasteiger partial charge in [0.15, 0.2) is 0 Å². The number of nitrogens with zero attached hydrogens (tertiary/aromatic N) is 1. The molecule has 0 saturated carbocycles. The van der Waals surface area contributed by atoms with E-state index in [9.17, 15) is 0 Å². The monoisotopic (exact) mass is 256 g/mol. The van der Waals surface area contributed by atoms with Gasteiger partial charge in [-0.3, -0.25) is 0 Å². The number of ether oxygens (including phenoxy) is 1. The molecule has 0 bridgehead atoms. The van der Waals surface area contributed by atoms with Crippen LogP contribution in [0.25, 0.3) is 0 Å². The molecule has 0 aromatic heterocycles. The van der Waals surface area contributed by atoms with Crippen molar-refractivity contribution in [2.45, 2.75) is 52.5 Å².